The van der Waals surface area contributed by atoms with Crippen LogP contribution in [0.4, 0.5) is 19.0 Å². The molecule has 0 radical (unpaired) electrons. The molecule has 1 aliphatic rings. The van der Waals surface area contributed by atoms with Crippen LogP contribution < -0.4 is 10.6 Å². The van der Waals surface area contributed by atoms with Gasteiger partial charge in [0, 0.05) is 6.04 Å². The smallest absolute Gasteiger partial charge is 0.367 e. The van der Waals surface area contributed by atoms with Gasteiger partial charge in [0.2, 0.25) is 0 Å². The average molecular weight is 259 g/mol. The summed E-state index contributed by atoms with van der Waals surface area (Å²) < 4.78 is 37.5. The predicted octanol–water partition coefficient (Wildman–Crippen LogP) is 2.65. The minimum absolute atomic E-state index is 0.191. The fraction of sp³-hybridized carbons (Fsp3) is 0.583. The summed E-state index contributed by atoms with van der Waals surface area (Å²) in [5, 5.41) is 6.34. The van der Waals surface area contributed by atoms with Gasteiger partial charge in [-0.05, 0) is 44.5 Å². The number of halogens is 3. The Morgan fingerprint density at radius 1 is 1.22 bits per heavy atom. The Labute approximate surface area is 104 Å². The monoisotopic (exact) mass is 259 g/mol. The summed E-state index contributed by atoms with van der Waals surface area (Å²) in [4.78, 5) is 3.61. The van der Waals surface area contributed by atoms with E-state index in [2.05, 4.69) is 15.6 Å². The molecule has 0 saturated carbocycles. The zero-order valence-electron chi connectivity index (χ0n) is 9.93. The van der Waals surface area contributed by atoms with E-state index in [1.165, 1.54) is 6.07 Å². The van der Waals surface area contributed by atoms with Crippen molar-refractivity contribution in [1.29, 1.82) is 0 Å². The van der Waals surface area contributed by atoms with Crippen LogP contribution in [-0.2, 0) is 6.18 Å². The van der Waals surface area contributed by atoms with Crippen molar-refractivity contribution >= 4 is 5.82 Å². The lowest BCUT2D eigenvalue weighted by Crippen LogP contribution is -2.22. The Hall–Kier alpha value is -1.30. The van der Waals surface area contributed by atoms with Crippen LogP contribution in [0.25, 0.3) is 0 Å². The Morgan fingerprint density at radius 3 is 2.83 bits per heavy atom. The molecule has 0 amide bonds. The van der Waals surface area contributed by atoms with Crippen LogP contribution in [0, 0.1) is 0 Å². The lowest BCUT2D eigenvalue weighted by atomic mass is 10.1. The van der Waals surface area contributed by atoms with Gasteiger partial charge in [0.1, 0.15) is 11.5 Å². The minimum atomic E-state index is -4.39. The number of hydrogen-bond acceptors (Lipinski definition) is 3. The van der Waals surface area contributed by atoms with E-state index in [9.17, 15) is 13.2 Å². The number of nitrogens with one attached hydrogen (secondary N) is 2. The molecule has 2 N–H and O–H groups in total. The molecule has 6 heteroatoms. The first-order valence-corrected chi connectivity index (χ1v) is 6.07. The maximum absolute atomic E-state index is 12.5. The Bertz CT molecular complexity index is 384. The van der Waals surface area contributed by atoms with Crippen molar-refractivity contribution in [2.75, 3.05) is 18.4 Å². The van der Waals surface area contributed by atoms with Gasteiger partial charge in [-0.3, -0.25) is 0 Å². The summed E-state index contributed by atoms with van der Waals surface area (Å²) in [5.74, 6) is 0.303. The van der Waals surface area contributed by atoms with Crippen molar-refractivity contribution in [2.24, 2.45) is 0 Å². The fourth-order valence-corrected chi connectivity index (χ4v) is 2.05. The van der Waals surface area contributed by atoms with Gasteiger partial charge in [-0.2, -0.15) is 13.2 Å². The molecule has 18 heavy (non-hydrogen) atoms. The average Bonchev–Trinajstić information content (AvgIpc) is 2.57. The molecule has 1 saturated heterocycles. The summed E-state index contributed by atoms with van der Waals surface area (Å²) in [5.41, 5.74) is -0.848. The number of aromatic nitrogens is 1. The molecular weight excluding hydrogens is 243 g/mol. The van der Waals surface area contributed by atoms with E-state index in [1.807, 2.05) is 0 Å². The van der Waals surface area contributed by atoms with Crippen LogP contribution in [0.1, 0.15) is 25.0 Å². The van der Waals surface area contributed by atoms with Crippen molar-refractivity contribution in [3.63, 3.8) is 0 Å². The minimum Gasteiger partial charge on any atom is -0.367 e. The number of anilines is 1. The van der Waals surface area contributed by atoms with Gasteiger partial charge in [-0.1, -0.05) is 6.07 Å². The zero-order chi connectivity index (χ0) is 13.0. The third kappa shape index (κ3) is 3.60. The fourth-order valence-electron chi connectivity index (χ4n) is 2.05. The van der Waals surface area contributed by atoms with Gasteiger partial charge in [0.25, 0.3) is 0 Å². The molecule has 2 heterocycles. The normalized spacial score (nSPS) is 21.4. The van der Waals surface area contributed by atoms with E-state index in [1.54, 1.807) is 6.07 Å². The van der Waals surface area contributed by atoms with Crippen molar-refractivity contribution in [1.82, 2.24) is 10.3 Å². The molecule has 1 aromatic rings. The first-order valence-electron chi connectivity index (χ1n) is 6.07. The van der Waals surface area contributed by atoms with Crippen LogP contribution in [0.3, 0.4) is 0 Å². The number of nitrogens with zero attached hydrogens (tertiary/aromatic N) is 1. The Balaban J connectivity index is 2.04. The van der Waals surface area contributed by atoms with Crippen molar-refractivity contribution in [3.8, 4) is 0 Å². The van der Waals surface area contributed by atoms with Crippen LogP contribution in [0.15, 0.2) is 18.2 Å². The summed E-state index contributed by atoms with van der Waals surface area (Å²) in [6.45, 7) is 1.85. The van der Waals surface area contributed by atoms with Gasteiger partial charge in [-0.25, -0.2) is 4.98 Å². The highest BCUT2D eigenvalue weighted by atomic mass is 19.4. The highest BCUT2D eigenvalue weighted by Gasteiger charge is 2.32. The quantitative estimate of drug-likeness (QED) is 0.857. The van der Waals surface area contributed by atoms with E-state index in [0.717, 1.165) is 38.4 Å². The third-order valence-corrected chi connectivity index (χ3v) is 2.97. The molecule has 0 aromatic carbocycles. The second-order valence-corrected chi connectivity index (χ2v) is 4.43. The van der Waals surface area contributed by atoms with E-state index < -0.39 is 11.9 Å². The summed E-state index contributed by atoms with van der Waals surface area (Å²) in [6.07, 6.45) is -1.51. The second kappa shape index (κ2) is 5.56. The van der Waals surface area contributed by atoms with Gasteiger partial charge < -0.3 is 10.6 Å². The SMILES string of the molecule is FC(F)(F)c1cccc(NC2CCCNCC2)n1. The molecule has 0 aliphatic carbocycles. The summed E-state index contributed by atoms with van der Waals surface area (Å²) >= 11 is 0. The second-order valence-electron chi connectivity index (χ2n) is 4.43. The van der Waals surface area contributed by atoms with Gasteiger partial charge in [0.05, 0.1) is 0 Å². The molecule has 3 nitrogen and oxygen atoms in total. The van der Waals surface area contributed by atoms with Gasteiger partial charge >= 0.3 is 6.18 Å². The highest BCUT2D eigenvalue weighted by Crippen LogP contribution is 2.28. The highest BCUT2D eigenvalue weighted by molar-refractivity contribution is 5.37. The maximum Gasteiger partial charge on any atom is 0.433 e. The Morgan fingerprint density at radius 2 is 2.06 bits per heavy atom. The maximum atomic E-state index is 12.5. The molecule has 0 bridgehead atoms. The third-order valence-electron chi connectivity index (χ3n) is 2.97. The molecule has 1 aromatic heterocycles. The van der Waals surface area contributed by atoms with Crippen molar-refractivity contribution in [2.45, 2.75) is 31.5 Å². The van der Waals surface area contributed by atoms with Crippen molar-refractivity contribution in [3.05, 3.63) is 23.9 Å². The standard InChI is InChI=1S/C12H16F3N3/c13-12(14,15)10-4-1-5-11(18-10)17-9-3-2-7-16-8-6-9/h1,4-5,9,16H,2-3,6-8H2,(H,17,18). The number of pyridine rings is 1. The first-order chi connectivity index (χ1) is 8.55. The van der Waals surface area contributed by atoms with Crippen LogP contribution in [0.5, 0.6) is 0 Å². The largest absolute Gasteiger partial charge is 0.433 e. The van der Waals surface area contributed by atoms with Crippen LogP contribution >= 0.6 is 0 Å². The molecule has 1 atom stereocenters. The molecule has 1 unspecified atom stereocenters. The predicted molar refractivity (Wildman–Crippen MR) is 63.4 cm³/mol. The Kier molecular flexibility index (Phi) is 4.06. The topological polar surface area (TPSA) is 37.0 Å². The van der Waals surface area contributed by atoms with Crippen LogP contribution in [-0.4, -0.2) is 24.1 Å². The summed E-state index contributed by atoms with van der Waals surface area (Å²) in [6, 6.07) is 4.14. The number of rotatable bonds is 2. The molecule has 0 spiro atoms. The van der Waals surface area contributed by atoms with Crippen LogP contribution in [0.2, 0.25) is 0 Å². The molecule has 2 rings (SSSR count). The zero-order valence-corrected chi connectivity index (χ0v) is 9.93. The van der Waals surface area contributed by atoms with E-state index >= 15 is 0 Å². The molecule has 100 valence electrons. The van der Waals surface area contributed by atoms with Crippen molar-refractivity contribution < 1.29 is 13.2 Å². The molecular formula is C12H16F3N3. The summed E-state index contributed by atoms with van der Waals surface area (Å²) in [7, 11) is 0. The van der Waals surface area contributed by atoms with Gasteiger partial charge in [0.15, 0.2) is 0 Å². The van der Waals surface area contributed by atoms with E-state index in [-0.39, 0.29) is 6.04 Å². The van der Waals surface area contributed by atoms with E-state index in [0.29, 0.717) is 5.82 Å². The van der Waals surface area contributed by atoms with E-state index in [4.69, 9.17) is 0 Å². The lowest BCUT2D eigenvalue weighted by molar-refractivity contribution is -0.141. The van der Waals surface area contributed by atoms with Gasteiger partial charge in [-0.15, -0.1) is 0 Å². The lowest BCUT2D eigenvalue weighted by Gasteiger charge is -2.17. The molecule has 1 aliphatic heterocycles. The first kappa shape index (κ1) is 13.1. The number of hydrogen-bond donors (Lipinski definition) is 2. The molecule has 1 fully saturated rings. The number of alkyl halides is 3.